The van der Waals surface area contributed by atoms with Crippen LogP contribution in [0.1, 0.15) is 89.6 Å². The molecule has 0 fully saturated rings. The van der Waals surface area contributed by atoms with Crippen LogP contribution in [0.4, 0.5) is 21.9 Å². The molecule has 1 amide bonds. The Morgan fingerprint density at radius 2 is 1.18 bits per heavy atom. The van der Waals surface area contributed by atoms with Crippen LogP contribution < -0.4 is 50.1 Å². The fraction of sp³-hybridized carbons (Fsp3) is 0.299. The maximum atomic E-state index is 13.9. The molecule has 17 nitrogen and oxygen atoms in total. The Morgan fingerprint density at radius 1 is 0.671 bits per heavy atom. The molecule has 3 aliphatic rings. The van der Waals surface area contributed by atoms with E-state index in [0.29, 0.717) is 42.4 Å². The second kappa shape index (κ2) is 29.6. The summed E-state index contributed by atoms with van der Waals surface area (Å²) in [6.45, 7) is 7.38. The number of hydrazone groups is 1. The molecular weight excluding hydrogens is 1090 g/mol. The van der Waals surface area contributed by atoms with Gasteiger partial charge in [-0.05, 0) is 127 Å². The molecule has 2 atom stereocenters. The number of rotatable bonds is 16. The van der Waals surface area contributed by atoms with Crippen molar-refractivity contribution in [3.8, 4) is 23.0 Å². The fourth-order valence-electron chi connectivity index (χ4n) is 9.90. The molecular formula is C67H80N8O9S. The first-order valence-electron chi connectivity index (χ1n) is 27.8. The number of hydrogen-bond donors (Lipinski definition) is 3. The van der Waals surface area contributed by atoms with Gasteiger partial charge in [0.2, 0.25) is 9.84 Å². The minimum absolute atomic E-state index is 0. The number of carbonyl (C=O) groups excluding carboxylic acids is 2. The molecule has 0 spiro atoms. The first kappa shape index (κ1) is 63.7. The van der Waals surface area contributed by atoms with E-state index >= 15 is 0 Å². The van der Waals surface area contributed by atoms with Crippen molar-refractivity contribution in [2.24, 2.45) is 5.10 Å². The predicted octanol–water partition coefficient (Wildman–Crippen LogP) is 11.8. The van der Waals surface area contributed by atoms with Gasteiger partial charge < -0.3 is 38.8 Å². The zero-order chi connectivity index (χ0) is 59.8. The molecule has 85 heavy (non-hydrogen) atoms. The summed E-state index contributed by atoms with van der Waals surface area (Å²) >= 11 is 0. The van der Waals surface area contributed by atoms with Crippen molar-refractivity contribution < 1.29 is 41.7 Å². The van der Waals surface area contributed by atoms with Crippen molar-refractivity contribution in [2.45, 2.75) is 71.9 Å². The van der Waals surface area contributed by atoms with E-state index in [1.807, 2.05) is 104 Å². The highest BCUT2D eigenvalue weighted by Crippen LogP contribution is 2.41. The van der Waals surface area contributed by atoms with Crippen molar-refractivity contribution in [3.63, 3.8) is 0 Å². The summed E-state index contributed by atoms with van der Waals surface area (Å²) in [5.41, 5.74) is 15.4. The van der Waals surface area contributed by atoms with Crippen LogP contribution in [-0.2, 0) is 40.6 Å². The summed E-state index contributed by atoms with van der Waals surface area (Å²) in [5, 5.41) is 8.81. The number of hydrazine groups is 2. The number of anilines is 3. The van der Waals surface area contributed by atoms with Gasteiger partial charge in [0.1, 0.15) is 18.8 Å². The summed E-state index contributed by atoms with van der Waals surface area (Å²) in [5.74, 6) is 2.11. The number of sulfone groups is 1. The van der Waals surface area contributed by atoms with Crippen LogP contribution in [0.3, 0.4) is 0 Å². The van der Waals surface area contributed by atoms with Crippen molar-refractivity contribution in [1.82, 2.24) is 21.3 Å². The summed E-state index contributed by atoms with van der Waals surface area (Å²) < 4.78 is 57.1. The lowest BCUT2D eigenvalue weighted by Gasteiger charge is -2.38. The van der Waals surface area contributed by atoms with E-state index in [2.05, 4.69) is 101 Å². The number of hydrogen-bond acceptors (Lipinski definition) is 16. The molecule has 448 valence electrons. The van der Waals surface area contributed by atoms with Crippen LogP contribution in [-0.4, -0.2) is 97.7 Å². The van der Waals surface area contributed by atoms with Gasteiger partial charge in [0, 0.05) is 58.2 Å². The van der Waals surface area contributed by atoms with Gasteiger partial charge in [0.25, 0.3) is 5.17 Å². The van der Waals surface area contributed by atoms with E-state index in [1.165, 1.54) is 39.4 Å². The molecule has 2 unspecified atom stereocenters. The number of amidine groups is 1. The third-order valence-electron chi connectivity index (χ3n) is 14.0. The zero-order valence-electron chi connectivity index (χ0n) is 49.2. The summed E-state index contributed by atoms with van der Waals surface area (Å²) in [6.07, 6.45) is 6.17. The van der Waals surface area contributed by atoms with Crippen LogP contribution in [0.2, 0.25) is 0 Å². The van der Waals surface area contributed by atoms with Gasteiger partial charge in [0.05, 0.1) is 37.7 Å². The number of methoxy groups -OCH3 is 2. The van der Waals surface area contributed by atoms with Gasteiger partial charge in [-0.3, -0.25) is 9.69 Å². The standard InChI is InChI=1S/C30H35N5O6S.C27H30N2O2.C9H11NO.CH4/c1-30(2,3)41-29(36)34-16-15-22-17-27(40-19-21-11-7-5-8-12-21)26(39-4)18-24(22)25(34)20-42(37,38)28-31-32-33-35(28)23-13-9-6-10-14-23;1-29(2)25-12-8-7-11-21(25)13-14-24-23-18-26(30-3)27(17-22(23)15-16-28-24)31-19-20-9-5-4-6-10-20;1-10(2)9-6-4-3-5-8(9)7-11;/h5-14,17-18,25,32-33H,15-16,19-20H2,1-4H3;4-14,17-18,24,28H,15-16,19H2,1-3H3;3-7H,1-2H3;1H4/b;14-13+;;. The molecule has 0 aliphatic carbocycles. The second-order valence-corrected chi connectivity index (χ2v) is 23.5. The third kappa shape index (κ3) is 16.7. The smallest absolute Gasteiger partial charge is 0.410 e. The van der Waals surface area contributed by atoms with Gasteiger partial charge in [-0.1, -0.05) is 129 Å². The number of fused-ring (bicyclic) bond motifs is 2. The van der Waals surface area contributed by atoms with Crippen LogP contribution in [0.15, 0.2) is 175 Å². The van der Waals surface area contributed by atoms with Crippen LogP contribution >= 0.6 is 0 Å². The van der Waals surface area contributed by atoms with Crippen molar-refractivity contribution in [1.29, 1.82) is 0 Å². The Morgan fingerprint density at radius 3 is 1.71 bits per heavy atom. The SMILES string of the molecule is C.CN(C)c1ccccc1C=O.COc1cc2c(cc1OCc1ccccc1)CCN(C(=O)OC(C)(C)C)C2CS(=O)(=O)C1=NNNN1c1ccccc1.COc1cc2c(cc1OCc1ccccc1)CCNC2/C=C/c1ccccc1N(C)C. The van der Waals surface area contributed by atoms with Crippen LogP contribution in [0, 0.1) is 0 Å². The van der Waals surface area contributed by atoms with E-state index in [4.69, 9.17) is 23.7 Å². The van der Waals surface area contributed by atoms with Crippen molar-refractivity contribution >= 4 is 50.5 Å². The van der Waals surface area contributed by atoms with E-state index in [1.54, 1.807) is 58.2 Å². The Labute approximate surface area is 501 Å². The van der Waals surface area contributed by atoms with Crippen molar-refractivity contribution in [2.75, 3.05) is 76.1 Å². The first-order chi connectivity index (χ1) is 40.5. The Bertz CT molecular complexity index is 3510. The van der Waals surface area contributed by atoms with Gasteiger partial charge in [-0.25, -0.2) is 23.8 Å². The molecule has 7 aromatic carbocycles. The average molecular weight is 1170 g/mol. The topological polar surface area (TPSA) is 176 Å². The largest absolute Gasteiger partial charge is 0.493 e. The number of aldehydes is 1. The quantitative estimate of drug-likeness (QED) is 0.0779. The Balaban J connectivity index is 0.000000210. The highest BCUT2D eigenvalue weighted by atomic mass is 32.2. The minimum atomic E-state index is -4.06. The summed E-state index contributed by atoms with van der Waals surface area (Å²) in [6, 6.07) is 52.0. The molecule has 7 aromatic rings. The number of carbonyl (C=O) groups is 2. The normalized spacial score (nSPS) is 15.1. The number of ether oxygens (including phenoxy) is 5. The van der Waals surface area contributed by atoms with E-state index in [9.17, 15) is 18.0 Å². The maximum Gasteiger partial charge on any atom is 0.410 e. The fourth-order valence-corrected chi connectivity index (χ4v) is 11.4. The van der Waals surface area contributed by atoms with Gasteiger partial charge in [-0.15, -0.1) is 10.6 Å². The number of nitrogens with zero attached hydrogens (tertiary/aromatic N) is 5. The molecule has 0 bridgehead atoms. The molecule has 10 rings (SSSR count). The maximum absolute atomic E-state index is 13.9. The predicted molar refractivity (Wildman–Crippen MR) is 340 cm³/mol. The molecule has 0 saturated heterocycles. The molecule has 0 aromatic heterocycles. The monoisotopic (exact) mass is 1170 g/mol. The Hall–Kier alpha value is -8.84. The summed E-state index contributed by atoms with van der Waals surface area (Å²) in [4.78, 5) is 29.4. The number of amides is 1. The lowest BCUT2D eigenvalue weighted by atomic mass is 9.93. The third-order valence-corrected chi connectivity index (χ3v) is 15.6. The molecule has 3 N–H and O–H groups in total. The highest BCUT2D eigenvalue weighted by molar-refractivity contribution is 8.06. The zero-order valence-corrected chi connectivity index (χ0v) is 50.1. The van der Waals surface area contributed by atoms with Gasteiger partial charge >= 0.3 is 6.09 Å². The molecule has 18 heteroatoms. The number of nitrogens with one attached hydrogen (secondary N) is 3. The highest BCUT2D eigenvalue weighted by Gasteiger charge is 2.41. The van der Waals surface area contributed by atoms with Crippen molar-refractivity contribution in [3.05, 3.63) is 214 Å². The van der Waals surface area contributed by atoms with Crippen LogP contribution in [0.5, 0.6) is 23.0 Å². The van der Waals surface area contributed by atoms with E-state index in [-0.39, 0.29) is 25.2 Å². The molecule has 0 saturated carbocycles. The van der Waals surface area contributed by atoms with Gasteiger partial charge in [0.15, 0.2) is 29.3 Å². The minimum Gasteiger partial charge on any atom is -0.493 e. The van der Waals surface area contributed by atoms with Crippen LogP contribution in [0.25, 0.3) is 6.08 Å². The van der Waals surface area contributed by atoms with E-state index in [0.717, 1.165) is 58.7 Å². The molecule has 3 heterocycles. The first-order valence-corrected chi connectivity index (χ1v) is 29.4. The number of benzene rings is 7. The lowest BCUT2D eigenvalue weighted by molar-refractivity contribution is 0.0162. The number of para-hydroxylation sites is 3. The Kier molecular flexibility index (Phi) is 22.2. The van der Waals surface area contributed by atoms with E-state index < -0.39 is 33.3 Å². The second-order valence-electron chi connectivity index (χ2n) is 21.5. The average Bonchev–Trinajstić information content (AvgIpc) is 2.40. The molecule has 3 aliphatic heterocycles. The molecule has 0 radical (unpaired) electrons. The van der Waals surface area contributed by atoms with Gasteiger partial charge in [-0.2, -0.15) is 0 Å². The summed E-state index contributed by atoms with van der Waals surface area (Å²) in [7, 11) is 7.15. The lowest BCUT2D eigenvalue weighted by Crippen LogP contribution is -2.48.